The first-order valence-electron chi connectivity index (χ1n) is 12.2. The average molecular weight is 497 g/mol. The van der Waals surface area contributed by atoms with Crippen molar-refractivity contribution in [3.8, 4) is 5.75 Å². The van der Waals surface area contributed by atoms with Gasteiger partial charge in [0, 0.05) is 57.3 Å². The molecule has 1 amide bonds. The quantitative estimate of drug-likeness (QED) is 0.490. The molecule has 36 heavy (non-hydrogen) atoms. The number of imidazole rings is 1. The first kappa shape index (κ1) is 24.2. The minimum atomic E-state index is -0.782. The van der Waals surface area contributed by atoms with Crippen molar-refractivity contribution in [1.29, 1.82) is 0 Å². The number of likely N-dealkylation sites (tertiary alicyclic amines) is 1. The second kappa shape index (κ2) is 10.2. The Morgan fingerprint density at radius 2 is 2.00 bits per heavy atom. The molecule has 2 aliphatic rings. The van der Waals surface area contributed by atoms with Crippen LogP contribution in [0.3, 0.4) is 0 Å². The summed E-state index contributed by atoms with van der Waals surface area (Å²) in [7, 11) is 1.82. The molecular formula is C26H30F2N6O2. The number of carbonyl (C=O) groups is 1. The molecule has 0 spiro atoms. The van der Waals surface area contributed by atoms with E-state index in [1.54, 1.807) is 24.1 Å². The lowest BCUT2D eigenvalue weighted by molar-refractivity contribution is 0.0583. The minimum Gasteiger partial charge on any atom is -0.491 e. The number of nitrogens with zero attached hydrogens (tertiary/aromatic N) is 5. The van der Waals surface area contributed by atoms with Gasteiger partial charge in [-0.05, 0) is 36.1 Å². The number of hydrogen-bond donors (Lipinski definition) is 1. The van der Waals surface area contributed by atoms with E-state index >= 15 is 0 Å². The summed E-state index contributed by atoms with van der Waals surface area (Å²) in [6, 6.07) is 5.63. The molecule has 1 N–H and O–H groups in total. The van der Waals surface area contributed by atoms with Crippen LogP contribution in [-0.2, 0) is 26.1 Å². The van der Waals surface area contributed by atoms with Crippen LogP contribution in [0.15, 0.2) is 36.8 Å². The van der Waals surface area contributed by atoms with Gasteiger partial charge in [-0.25, -0.2) is 13.8 Å². The monoisotopic (exact) mass is 496 g/mol. The van der Waals surface area contributed by atoms with E-state index in [0.717, 1.165) is 28.8 Å². The zero-order chi connectivity index (χ0) is 25.2. The van der Waals surface area contributed by atoms with Gasteiger partial charge in [-0.2, -0.15) is 0 Å². The van der Waals surface area contributed by atoms with E-state index in [0.29, 0.717) is 57.0 Å². The Labute approximate surface area is 208 Å². The van der Waals surface area contributed by atoms with E-state index in [4.69, 9.17) is 4.74 Å². The summed E-state index contributed by atoms with van der Waals surface area (Å²) >= 11 is 0. The van der Waals surface area contributed by atoms with Crippen molar-refractivity contribution in [2.75, 3.05) is 38.6 Å². The van der Waals surface area contributed by atoms with Gasteiger partial charge in [0.1, 0.15) is 6.17 Å². The fraction of sp³-hybridized carbons (Fsp3) is 0.423. The van der Waals surface area contributed by atoms with E-state index in [-0.39, 0.29) is 18.2 Å². The molecule has 0 saturated carbocycles. The molecule has 2 aromatic heterocycles. The third kappa shape index (κ3) is 4.90. The molecule has 1 saturated heterocycles. The molecule has 5 rings (SSSR count). The number of benzene rings is 1. The zero-order valence-electron chi connectivity index (χ0n) is 20.5. The van der Waals surface area contributed by atoms with Crippen LogP contribution < -0.4 is 10.1 Å². The summed E-state index contributed by atoms with van der Waals surface area (Å²) in [4.78, 5) is 25.9. The molecule has 1 fully saturated rings. The van der Waals surface area contributed by atoms with Gasteiger partial charge in [0.2, 0.25) is 5.95 Å². The number of fused-ring (bicyclic) bond motifs is 1. The number of halogens is 2. The summed E-state index contributed by atoms with van der Waals surface area (Å²) in [6.45, 7) is 4.92. The standard InChI is InChI=1S/C26H30F2N6O2/c1-3-36-24-10-20(31-11-23(24)28)16-33-6-4-21-18(13-32-14-19(27)15-32)8-17(9-22(21)25(33)35)12-34-7-5-30-26(34)29-2/h5,7-11,19H,3-4,6,12-16H2,1-2H3,(H,29,30). The molecule has 2 aliphatic heterocycles. The Balaban J connectivity index is 1.43. The number of nitrogens with one attached hydrogen (secondary N) is 1. The van der Waals surface area contributed by atoms with E-state index in [9.17, 15) is 13.6 Å². The molecule has 0 bridgehead atoms. The van der Waals surface area contributed by atoms with Crippen molar-refractivity contribution in [3.63, 3.8) is 0 Å². The molecule has 0 atom stereocenters. The third-order valence-electron chi connectivity index (χ3n) is 6.68. The predicted molar refractivity (Wildman–Crippen MR) is 131 cm³/mol. The first-order valence-corrected chi connectivity index (χ1v) is 12.2. The maximum atomic E-state index is 14.0. The van der Waals surface area contributed by atoms with Gasteiger partial charge >= 0.3 is 0 Å². The van der Waals surface area contributed by atoms with Crippen LogP contribution in [0.5, 0.6) is 5.75 Å². The zero-order valence-corrected chi connectivity index (χ0v) is 20.5. The summed E-state index contributed by atoms with van der Waals surface area (Å²) in [5, 5.41) is 3.07. The molecule has 0 aliphatic carbocycles. The molecule has 0 unspecified atom stereocenters. The van der Waals surface area contributed by atoms with Gasteiger partial charge in [-0.1, -0.05) is 6.07 Å². The van der Waals surface area contributed by atoms with Crippen LogP contribution in [0.4, 0.5) is 14.7 Å². The second-order valence-corrected chi connectivity index (χ2v) is 9.22. The number of aromatic nitrogens is 3. The number of pyridine rings is 1. The number of anilines is 1. The highest BCUT2D eigenvalue weighted by atomic mass is 19.1. The van der Waals surface area contributed by atoms with Crippen molar-refractivity contribution in [2.24, 2.45) is 0 Å². The lowest BCUT2D eigenvalue weighted by atomic mass is 9.90. The van der Waals surface area contributed by atoms with E-state index in [1.165, 1.54) is 0 Å². The summed E-state index contributed by atoms with van der Waals surface area (Å²) in [5.74, 6) is 0.262. The van der Waals surface area contributed by atoms with Crippen molar-refractivity contribution in [1.82, 2.24) is 24.3 Å². The number of ether oxygens (including phenoxy) is 1. The van der Waals surface area contributed by atoms with Crippen LogP contribution >= 0.6 is 0 Å². The Morgan fingerprint density at radius 1 is 1.17 bits per heavy atom. The van der Waals surface area contributed by atoms with Gasteiger partial charge in [0.25, 0.3) is 5.91 Å². The van der Waals surface area contributed by atoms with Crippen LogP contribution in [-0.4, -0.2) is 69.7 Å². The maximum absolute atomic E-state index is 14.0. The van der Waals surface area contributed by atoms with Crippen LogP contribution in [0.2, 0.25) is 0 Å². The molecule has 1 aromatic carbocycles. The fourth-order valence-corrected chi connectivity index (χ4v) is 4.93. The van der Waals surface area contributed by atoms with Crippen molar-refractivity contribution < 1.29 is 18.3 Å². The predicted octanol–water partition coefficient (Wildman–Crippen LogP) is 3.26. The molecule has 0 radical (unpaired) electrons. The number of amides is 1. The topological polar surface area (TPSA) is 75.5 Å². The number of hydrogen-bond acceptors (Lipinski definition) is 6. The Morgan fingerprint density at radius 3 is 2.75 bits per heavy atom. The largest absolute Gasteiger partial charge is 0.491 e. The van der Waals surface area contributed by atoms with Crippen LogP contribution in [0, 0.1) is 5.82 Å². The summed E-state index contributed by atoms with van der Waals surface area (Å²) in [5.41, 5.74) is 4.28. The number of carbonyl (C=O) groups excluding carboxylic acids is 1. The molecule has 3 aromatic rings. The molecular weight excluding hydrogens is 466 g/mol. The molecule has 190 valence electrons. The normalized spacial score (nSPS) is 16.1. The van der Waals surface area contributed by atoms with Crippen molar-refractivity contribution in [3.05, 3.63) is 70.6 Å². The minimum absolute atomic E-state index is 0.0881. The van der Waals surface area contributed by atoms with Crippen molar-refractivity contribution >= 4 is 11.9 Å². The van der Waals surface area contributed by atoms with Gasteiger partial charge in [0.15, 0.2) is 11.6 Å². The highest BCUT2D eigenvalue weighted by molar-refractivity contribution is 5.97. The van der Waals surface area contributed by atoms with E-state index < -0.39 is 12.0 Å². The van der Waals surface area contributed by atoms with Gasteiger partial charge in [0.05, 0.1) is 31.6 Å². The van der Waals surface area contributed by atoms with Crippen LogP contribution in [0.1, 0.15) is 39.7 Å². The average Bonchev–Trinajstić information content (AvgIpc) is 3.29. The van der Waals surface area contributed by atoms with Crippen molar-refractivity contribution in [2.45, 2.75) is 39.2 Å². The molecule has 4 heterocycles. The molecule has 10 heteroatoms. The summed E-state index contributed by atoms with van der Waals surface area (Å²) in [6.07, 6.45) is 4.66. The van der Waals surface area contributed by atoms with Gasteiger partial charge < -0.3 is 19.5 Å². The highest BCUT2D eigenvalue weighted by Gasteiger charge is 2.31. The Hall–Kier alpha value is -3.53. The Bertz CT molecular complexity index is 1260. The van der Waals surface area contributed by atoms with Gasteiger partial charge in [-0.15, -0.1) is 0 Å². The lowest BCUT2D eigenvalue weighted by Crippen LogP contribution is -2.48. The highest BCUT2D eigenvalue weighted by Crippen LogP contribution is 2.29. The maximum Gasteiger partial charge on any atom is 0.254 e. The van der Waals surface area contributed by atoms with Gasteiger partial charge in [-0.3, -0.25) is 14.7 Å². The van der Waals surface area contributed by atoms with E-state index in [2.05, 4.69) is 26.3 Å². The third-order valence-corrected chi connectivity index (χ3v) is 6.68. The fourth-order valence-electron chi connectivity index (χ4n) is 4.93. The SMILES string of the molecule is CCOc1cc(CN2CCc3c(CN4CC(F)C4)cc(Cn4ccnc4NC)cc3C2=O)ncc1F. The number of alkyl halides is 1. The van der Waals surface area contributed by atoms with Crippen LogP contribution in [0.25, 0.3) is 0 Å². The first-order chi connectivity index (χ1) is 17.4. The van der Waals surface area contributed by atoms with E-state index in [1.807, 2.05) is 23.9 Å². The number of rotatable bonds is 9. The summed E-state index contributed by atoms with van der Waals surface area (Å²) < 4.78 is 34.8. The molecule has 8 nitrogen and oxygen atoms in total. The Kier molecular flexibility index (Phi) is 6.86. The lowest BCUT2D eigenvalue weighted by Gasteiger charge is -2.36. The smallest absolute Gasteiger partial charge is 0.254 e. The second-order valence-electron chi connectivity index (χ2n) is 9.22.